The van der Waals surface area contributed by atoms with Gasteiger partial charge < -0.3 is 5.11 Å². The van der Waals surface area contributed by atoms with Gasteiger partial charge >= 0.3 is 5.97 Å². The van der Waals surface area contributed by atoms with Gasteiger partial charge in [0.25, 0.3) is 10.0 Å². The number of carbonyl (C=O) groups is 1. The predicted octanol–water partition coefficient (Wildman–Crippen LogP) is 3.17. The van der Waals surface area contributed by atoms with Crippen LogP contribution in [0.15, 0.2) is 35.2 Å². The van der Waals surface area contributed by atoms with Crippen molar-refractivity contribution >= 4 is 21.7 Å². The van der Waals surface area contributed by atoms with E-state index < -0.39 is 44.0 Å². The average Bonchev–Trinajstić information content (AvgIpc) is 2.50. The average molecular weight is 359 g/mol. The van der Waals surface area contributed by atoms with Crippen molar-refractivity contribution in [2.24, 2.45) is 0 Å². The lowest BCUT2D eigenvalue weighted by Gasteiger charge is -2.13. The Morgan fingerprint density at radius 2 is 1.71 bits per heavy atom. The van der Waals surface area contributed by atoms with Gasteiger partial charge in [0.05, 0.1) is 10.5 Å². The summed E-state index contributed by atoms with van der Waals surface area (Å²) in [6.45, 7) is 1.63. The monoisotopic (exact) mass is 359 g/mol. The molecule has 5 nitrogen and oxygen atoms in total. The van der Waals surface area contributed by atoms with Crippen LogP contribution in [-0.2, 0) is 16.4 Å². The van der Waals surface area contributed by atoms with Crippen LogP contribution in [0.4, 0.5) is 18.9 Å². The molecule has 0 unspecified atom stereocenters. The van der Waals surface area contributed by atoms with Crippen LogP contribution in [0.5, 0.6) is 0 Å². The summed E-state index contributed by atoms with van der Waals surface area (Å²) in [7, 11) is -4.49. The number of sulfonamides is 1. The maximum Gasteiger partial charge on any atom is 0.335 e. The van der Waals surface area contributed by atoms with E-state index in [1.165, 1.54) is 12.1 Å². The number of anilines is 1. The van der Waals surface area contributed by atoms with E-state index in [1.54, 1.807) is 11.6 Å². The van der Waals surface area contributed by atoms with E-state index in [1.807, 2.05) is 0 Å². The van der Waals surface area contributed by atoms with Gasteiger partial charge in [-0.2, -0.15) is 0 Å². The van der Waals surface area contributed by atoms with Crippen molar-refractivity contribution in [3.63, 3.8) is 0 Å². The lowest BCUT2D eigenvalue weighted by Crippen LogP contribution is -2.18. The Balaban J connectivity index is 2.56. The summed E-state index contributed by atoms with van der Waals surface area (Å²) in [5.74, 6) is -5.41. The number of hydrogen-bond donors (Lipinski definition) is 2. The molecule has 2 aromatic carbocycles. The van der Waals surface area contributed by atoms with Crippen LogP contribution in [0, 0.1) is 17.5 Å². The van der Waals surface area contributed by atoms with Crippen molar-refractivity contribution in [3.05, 3.63) is 58.9 Å². The highest BCUT2D eigenvalue weighted by atomic mass is 32.2. The maximum absolute atomic E-state index is 13.6. The summed E-state index contributed by atoms with van der Waals surface area (Å²) >= 11 is 0. The van der Waals surface area contributed by atoms with Gasteiger partial charge in [0.15, 0.2) is 11.6 Å². The van der Waals surface area contributed by atoms with Crippen molar-refractivity contribution in [2.75, 3.05) is 4.72 Å². The number of carboxylic acid groups (broad SMARTS) is 1. The molecule has 0 amide bonds. The molecule has 0 heterocycles. The van der Waals surface area contributed by atoms with Gasteiger partial charge in [-0.15, -0.1) is 0 Å². The fraction of sp³-hybridized carbons (Fsp3) is 0.133. The minimum absolute atomic E-state index is 0.241. The van der Waals surface area contributed by atoms with Gasteiger partial charge in [0.1, 0.15) is 11.5 Å². The lowest BCUT2D eigenvalue weighted by molar-refractivity contribution is 0.0696. The summed E-state index contributed by atoms with van der Waals surface area (Å²) in [6, 6.07) is 4.07. The van der Waals surface area contributed by atoms with E-state index in [4.69, 9.17) is 5.11 Å². The maximum atomic E-state index is 13.6. The molecule has 0 radical (unpaired) electrons. The SMILES string of the molecule is CCc1ccc(C(=O)O)cc1S(=O)(=O)Nc1c(F)cc(F)cc1F. The van der Waals surface area contributed by atoms with E-state index in [2.05, 4.69) is 0 Å². The normalized spacial score (nSPS) is 11.3. The van der Waals surface area contributed by atoms with Crippen LogP contribution in [0.25, 0.3) is 0 Å². The molecule has 24 heavy (non-hydrogen) atoms. The molecule has 2 rings (SSSR count). The second kappa shape index (κ2) is 6.52. The first-order valence-corrected chi connectivity index (χ1v) is 8.17. The molecule has 0 aliphatic heterocycles. The molecule has 0 saturated heterocycles. The minimum atomic E-state index is -4.49. The molecular formula is C15H12F3NO4S. The van der Waals surface area contributed by atoms with E-state index in [0.29, 0.717) is 12.1 Å². The Bertz CT molecular complexity index is 890. The Kier molecular flexibility index (Phi) is 4.83. The van der Waals surface area contributed by atoms with Crippen molar-refractivity contribution in [1.82, 2.24) is 0 Å². The third-order valence-corrected chi connectivity index (χ3v) is 4.66. The fourth-order valence-electron chi connectivity index (χ4n) is 2.06. The van der Waals surface area contributed by atoms with Gasteiger partial charge in [-0.1, -0.05) is 13.0 Å². The molecule has 9 heteroatoms. The molecule has 0 atom stereocenters. The number of hydrogen-bond acceptors (Lipinski definition) is 3. The third-order valence-electron chi connectivity index (χ3n) is 3.23. The Labute approximate surface area is 135 Å². The number of carboxylic acids is 1. The van der Waals surface area contributed by atoms with Crippen molar-refractivity contribution < 1.29 is 31.5 Å². The zero-order valence-electron chi connectivity index (χ0n) is 12.3. The van der Waals surface area contributed by atoms with E-state index in [0.717, 1.165) is 6.07 Å². The Hall–Kier alpha value is -2.55. The predicted molar refractivity (Wildman–Crippen MR) is 79.9 cm³/mol. The van der Waals surface area contributed by atoms with Gasteiger partial charge in [-0.3, -0.25) is 4.72 Å². The van der Waals surface area contributed by atoms with Crippen molar-refractivity contribution in [3.8, 4) is 0 Å². The molecule has 0 aliphatic carbocycles. The fourth-order valence-corrected chi connectivity index (χ4v) is 3.47. The number of rotatable bonds is 5. The quantitative estimate of drug-likeness (QED) is 0.859. The molecule has 0 aromatic heterocycles. The molecule has 128 valence electrons. The first kappa shape index (κ1) is 17.8. The highest BCUT2D eigenvalue weighted by Crippen LogP contribution is 2.26. The topological polar surface area (TPSA) is 83.5 Å². The Morgan fingerprint density at radius 3 is 2.21 bits per heavy atom. The summed E-state index contributed by atoms with van der Waals surface area (Å²) in [5, 5.41) is 8.97. The van der Waals surface area contributed by atoms with E-state index >= 15 is 0 Å². The van der Waals surface area contributed by atoms with Crippen LogP contribution in [0.2, 0.25) is 0 Å². The lowest BCUT2D eigenvalue weighted by atomic mass is 10.1. The molecule has 2 N–H and O–H groups in total. The highest BCUT2D eigenvalue weighted by Gasteiger charge is 2.23. The molecular weight excluding hydrogens is 347 g/mol. The van der Waals surface area contributed by atoms with Gasteiger partial charge in [-0.25, -0.2) is 26.4 Å². The molecule has 0 aliphatic rings. The highest BCUT2D eigenvalue weighted by molar-refractivity contribution is 7.92. The van der Waals surface area contributed by atoms with Crippen LogP contribution in [0.3, 0.4) is 0 Å². The number of aryl methyl sites for hydroxylation is 1. The van der Waals surface area contributed by atoms with Crippen LogP contribution in [0.1, 0.15) is 22.8 Å². The zero-order chi connectivity index (χ0) is 18.1. The van der Waals surface area contributed by atoms with Gasteiger partial charge in [0, 0.05) is 12.1 Å². The van der Waals surface area contributed by atoms with Crippen LogP contribution in [-0.4, -0.2) is 19.5 Å². The Morgan fingerprint density at radius 1 is 1.12 bits per heavy atom. The van der Waals surface area contributed by atoms with E-state index in [9.17, 15) is 26.4 Å². The molecule has 0 bridgehead atoms. The number of benzene rings is 2. The first-order chi connectivity index (χ1) is 11.2. The standard InChI is InChI=1S/C15H12F3NO4S/c1-2-8-3-4-9(15(20)21)5-13(8)24(22,23)19-14-11(17)6-10(16)7-12(14)18/h3-7,19H,2H2,1H3,(H,20,21). The largest absolute Gasteiger partial charge is 0.478 e. The second-order valence-electron chi connectivity index (χ2n) is 4.83. The summed E-state index contributed by atoms with van der Waals surface area (Å²) < 4.78 is 66.7. The van der Waals surface area contributed by atoms with E-state index in [-0.39, 0.29) is 17.5 Å². The molecule has 2 aromatic rings. The second-order valence-corrected chi connectivity index (χ2v) is 6.48. The number of aromatic carboxylic acids is 1. The number of nitrogens with one attached hydrogen (secondary N) is 1. The summed E-state index contributed by atoms with van der Waals surface area (Å²) in [4.78, 5) is 10.6. The van der Waals surface area contributed by atoms with Gasteiger partial charge in [0.2, 0.25) is 0 Å². The molecule has 0 fully saturated rings. The third kappa shape index (κ3) is 3.51. The van der Waals surface area contributed by atoms with Gasteiger partial charge in [-0.05, 0) is 24.1 Å². The minimum Gasteiger partial charge on any atom is -0.478 e. The first-order valence-electron chi connectivity index (χ1n) is 6.69. The zero-order valence-corrected chi connectivity index (χ0v) is 13.1. The summed E-state index contributed by atoms with van der Waals surface area (Å²) in [5.41, 5.74) is -1.08. The molecule has 0 spiro atoms. The van der Waals surface area contributed by atoms with Crippen molar-refractivity contribution in [2.45, 2.75) is 18.2 Å². The number of halogens is 3. The van der Waals surface area contributed by atoms with Crippen LogP contribution < -0.4 is 4.72 Å². The molecule has 0 saturated carbocycles. The van der Waals surface area contributed by atoms with Crippen molar-refractivity contribution in [1.29, 1.82) is 0 Å². The summed E-state index contributed by atoms with van der Waals surface area (Å²) in [6.07, 6.45) is 0.241. The smallest absolute Gasteiger partial charge is 0.335 e. The van der Waals surface area contributed by atoms with Crippen LogP contribution >= 0.6 is 0 Å².